The van der Waals surface area contributed by atoms with Crippen molar-refractivity contribution in [3.63, 3.8) is 0 Å². The van der Waals surface area contributed by atoms with Crippen LogP contribution in [0.15, 0.2) is 0 Å². The van der Waals surface area contributed by atoms with E-state index in [1.807, 2.05) is 14.1 Å². The molecular weight excluding hydrogens is 130 g/mol. The lowest BCUT2D eigenvalue weighted by Crippen LogP contribution is -2.28. The molecule has 0 amide bonds. The Morgan fingerprint density at radius 3 is 2.40 bits per heavy atom. The third-order valence-corrected chi connectivity index (χ3v) is 1.53. The van der Waals surface area contributed by atoms with Crippen molar-refractivity contribution in [3.8, 4) is 0 Å². The van der Waals surface area contributed by atoms with Gasteiger partial charge in [0.1, 0.15) is 0 Å². The molecule has 0 saturated carbocycles. The lowest BCUT2D eigenvalue weighted by atomic mass is 10.2. The molecule has 0 N–H and O–H groups in total. The van der Waals surface area contributed by atoms with Crippen molar-refractivity contribution in [1.82, 2.24) is 5.06 Å². The third-order valence-electron chi connectivity index (χ3n) is 1.53. The van der Waals surface area contributed by atoms with E-state index < -0.39 is 0 Å². The number of hydrogen-bond acceptors (Lipinski definition) is 3. The van der Waals surface area contributed by atoms with Crippen LogP contribution >= 0.6 is 0 Å². The number of ether oxygens (including phenoxy) is 1. The number of hydroxylamine groups is 2. The van der Waals surface area contributed by atoms with Crippen LogP contribution in [0.25, 0.3) is 0 Å². The van der Waals surface area contributed by atoms with E-state index in [-0.39, 0.29) is 0 Å². The van der Waals surface area contributed by atoms with Crippen LogP contribution in [0.5, 0.6) is 0 Å². The van der Waals surface area contributed by atoms with E-state index in [1.165, 1.54) is 0 Å². The quantitative estimate of drug-likeness (QED) is 0.533. The van der Waals surface area contributed by atoms with E-state index in [4.69, 9.17) is 9.57 Å². The molecule has 1 aliphatic heterocycles. The summed E-state index contributed by atoms with van der Waals surface area (Å²) in [5.41, 5.74) is 0. The van der Waals surface area contributed by atoms with Crippen LogP contribution in [0, 0.1) is 0 Å². The zero-order chi connectivity index (χ0) is 7.40. The Hall–Kier alpha value is -0.120. The molecule has 1 aliphatic rings. The topological polar surface area (TPSA) is 21.7 Å². The third kappa shape index (κ3) is 2.64. The van der Waals surface area contributed by atoms with Gasteiger partial charge in [-0.05, 0) is 12.8 Å². The minimum Gasteiger partial charge on any atom is -0.381 e. The molecule has 0 atom stereocenters. The lowest BCUT2D eigenvalue weighted by molar-refractivity contribution is -0.185. The first kappa shape index (κ1) is 7.98. The molecule has 1 rings (SSSR count). The monoisotopic (exact) mass is 145 g/mol. The van der Waals surface area contributed by atoms with Gasteiger partial charge >= 0.3 is 0 Å². The first-order valence-electron chi connectivity index (χ1n) is 3.71. The lowest BCUT2D eigenvalue weighted by Gasteiger charge is -2.24. The summed E-state index contributed by atoms with van der Waals surface area (Å²) in [4.78, 5) is 5.44. The van der Waals surface area contributed by atoms with Gasteiger partial charge in [-0.3, -0.25) is 4.84 Å². The van der Waals surface area contributed by atoms with Crippen molar-refractivity contribution >= 4 is 0 Å². The molecular formula is C7H15NO2. The maximum absolute atomic E-state index is 5.44. The fraction of sp³-hybridized carbons (Fsp3) is 1.00. The minimum atomic E-state index is 0.378. The van der Waals surface area contributed by atoms with Crippen molar-refractivity contribution in [2.45, 2.75) is 18.9 Å². The van der Waals surface area contributed by atoms with Crippen molar-refractivity contribution in [3.05, 3.63) is 0 Å². The van der Waals surface area contributed by atoms with Gasteiger partial charge in [-0.15, -0.1) is 0 Å². The standard InChI is InChI=1S/C7H15NO2/c1-8(2)10-7-3-5-9-6-4-7/h7H,3-6H2,1-2H3. The summed E-state index contributed by atoms with van der Waals surface area (Å²) in [5.74, 6) is 0. The average molecular weight is 145 g/mol. The van der Waals surface area contributed by atoms with Gasteiger partial charge < -0.3 is 4.74 Å². The molecule has 1 heterocycles. The summed E-state index contributed by atoms with van der Waals surface area (Å²) >= 11 is 0. The Labute approximate surface area is 61.9 Å². The number of nitrogens with zero attached hydrogens (tertiary/aromatic N) is 1. The van der Waals surface area contributed by atoms with Crippen LogP contribution in [0.4, 0.5) is 0 Å². The van der Waals surface area contributed by atoms with Gasteiger partial charge in [-0.1, -0.05) is 0 Å². The first-order valence-corrected chi connectivity index (χ1v) is 3.71. The summed E-state index contributed by atoms with van der Waals surface area (Å²) in [6.07, 6.45) is 2.43. The summed E-state index contributed by atoms with van der Waals surface area (Å²) in [5, 5.41) is 1.76. The van der Waals surface area contributed by atoms with E-state index in [9.17, 15) is 0 Å². The molecule has 60 valence electrons. The van der Waals surface area contributed by atoms with Crippen LogP contribution in [-0.4, -0.2) is 38.5 Å². The second kappa shape index (κ2) is 3.91. The van der Waals surface area contributed by atoms with Crippen LogP contribution in [-0.2, 0) is 9.57 Å². The molecule has 0 aliphatic carbocycles. The predicted molar refractivity (Wildman–Crippen MR) is 38.6 cm³/mol. The maximum atomic E-state index is 5.44. The van der Waals surface area contributed by atoms with E-state index in [0.717, 1.165) is 26.1 Å². The molecule has 3 heteroatoms. The summed E-state index contributed by atoms with van der Waals surface area (Å²) in [6.45, 7) is 1.69. The number of rotatable bonds is 2. The molecule has 1 saturated heterocycles. The second-order valence-electron chi connectivity index (χ2n) is 2.73. The average Bonchev–Trinajstić information content (AvgIpc) is 1.88. The summed E-state index contributed by atoms with van der Waals surface area (Å²) in [6, 6.07) is 0. The van der Waals surface area contributed by atoms with Crippen LogP contribution in [0.3, 0.4) is 0 Å². The van der Waals surface area contributed by atoms with Crippen molar-refractivity contribution in [2.24, 2.45) is 0 Å². The minimum absolute atomic E-state index is 0.378. The fourth-order valence-electron chi connectivity index (χ4n) is 1.08. The molecule has 0 unspecified atom stereocenters. The van der Waals surface area contributed by atoms with E-state index >= 15 is 0 Å². The zero-order valence-electron chi connectivity index (χ0n) is 6.67. The Morgan fingerprint density at radius 1 is 1.30 bits per heavy atom. The van der Waals surface area contributed by atoms with Crippen molar-refractivity contribution in [2.75, 3.05) is 27.3 Å². The Bertz CT molecular complexity index is 89.6. The van der Waals surface area contributed by atoms with Gasteiger partial charge in [0.05, 0.1) is 6.10 Å². The van der Waals surface area contributed by atoms with Crippen LogP contribution in [0.2, 0.25) is 0 Å². The molecule has 0 radical (unpaired) electrons. The molecule has 1 fully saturated rings. The Balaban J connectivity index is 2.13. The largest absolute Gasteiger partial charge is 0.381 e. The molecule has 10 heavy (non-hydrogen) atoms. The second-order valence-corrected chi connectivity index (χ2v) is 2.73. The van der Waals surface area contributed by atoms with E-state index in [0.29, 0.717) is 6.10 Å². The number of hydrogen-bond donors (Lipinski definition) is 0. The summed E-state index contributed by atoms with van der Waals surface area (Å²) in [7, 11) is 3.82. The highest BCUT2D eigenvalue weighted by atomic mass is 16.7. The first-order chi connectivity index (χ1) is 4.79. The van der Waals surface area contributed by atoms with E-state index in [2.05, 4.69) is 0 Å². The van der Waals surface area contributed by atoms with Crippen molar-refractivity contribution in [1.29, 1.82) is 0 Å². The summed E-state index contributed by atoms with van der Waals surface area (Å²) < 4.78 is 5.18. The van der Waals surface area contributed by atoms with Gasteiger partial charge in [-0.2, -0.15) is 5.06 Å². The zero-order valence-corrected chi connectivity index (χ0v) is 6.67. The highest BCUT2D eigenvalue weighted by Crippen LogP contribution is 2.10. The Kier molecular flexibility index (Phi) is 3.12. The fourth-order valence-corrected chi connectivity index (χ4v) is 1.08. The molecule has 3 nitrogen and oxygen atoms in total. The molecule has 0 aromatic carbocycles. The molecule has 0 aromatic rings. The van der Waals surface area contributed by atoms with Gasteiger partial charge in [0, 0.05) is 27.3 Å². The van der Waals surface area contributed by atoms with Gasteiger partial charge in [-0.25, -0.2) is 0 Å². The Morgan fingerprint density at radius 2 is 1.90 bits per heavy atom. The highest BCUT2D eigenvalue weighted by Gasteiger charge is 2.14. The maximum Gasteiger partial charge on any atom is 0.0836 e. The molecule has 0 bridgehead atoms. The SMILES string of the molecule is CN(C)OC1CCOCC1. The molecule has 0 aromatic heterocycles. The predicted octanol–water partition coefficient (Wildman–Crippen LogP) is 0.659. The highest BCUT2D eigenvalue weighted by molar-refractivity contribution is 4.60. The smallest absolute Gasteiger partial charge is 0.0836 e. The van der Waals surface area contributed by atoms with Gasteiger partial charge in [0.15, 0.2) is 0 Å². The van der Waals surface area contributed by atoms with Crippen LogP contribution in [0.1, 0.15) is 12.8 Å². The van der Waals surface area contributed by atoms with Gasteiger partial charge in [0.2, 0.25) is 0 Å². The van der Waals surface area contributed by atoms with Gasteiger partial charge in [0.25, 0.3) is 0 Å². The van der Waals surface area contributed by atoms with Crippen molar-refractivity contribution < 1.29 is 9.57 Å². The van der Waals surface area contributed by atoms with Crippen LogP contribution < -0.4 is 0 Å². The molecule has 0 spiro atoms. The normalized spacial score (nSPS) is 21.9. The van der Waals surface area contributed by atoms with E-state index in [1.54, 1.807) is 5.06 Å².